The van der Waals surface area contributed by atoms with Gasteiger partial charge in [0.2, 0.25) is 0 Å². The van der Waals surface area contributed by atoms with Gasteiger partial charge in [0.1, 0.15) is 0 Å². The second-order valence-electron chi connectivity index (χ2n) is 5.87. The zero-order valence-corrected chi connectivity index (χ0v) is 16.2. The lowest BCUT2D eigenvalue weighted by molar-refractivity contribution is -0.119. The fourth-order valence-electron chi connectivity index (χ4n) is 2.52. The Morgan fingerprint density at radius 3 is 2.50 bits per heavy atom. The Hall–Kier alpha value is -3.03. The van der Waals surface area contributed by atoms with Gasteiger partial charge in [-0.2, -0.15) is 0 Å². The van der Waals surface area contributed by atoms with Crippen molar-refractivity contribution in [3.63, 3.8) is 0 Å². The molecule has 0 bridgehead atoms. The van der Waals surface area contributed by atoms with E-state index in [1.807, 2.05) is 0 Å². The second kappa shape index (κ2) is 8.33. The van der Waals surface area contributed by atoms with Gasteiger partial charge in [-0.25, -0.2) is 9.59 Å². The summed E-state index contributed by atoms with van der Waals surface area (Å²) in [5.74, 6) is -1.22. The lowest BCUT2D eigenvalue weighted by Gasteiger charge is -2.09. The van der Waals surface area contributed by atoms with Gasteiger partial charge in [0.25, 0.3) is 5.91 Å². The molecular weight excluding hydrogens is 405 g/mol. The van der Waals surface area contributed by atoms with E-state index in [0.717, 1.165) is 5.69 Å². The van der Waals surface area contributed by atoms with Gasteiger partial charge in [-0.15, -0.1) is 0 Å². The van der Waals surface area contributed by atoms with E-state index < -0.39 is 18.5 Å². The molecule has 0 aliphatic heterocycles. The van der Waals surface area contributed by atoms with Crippen LogP contribution in [0.2, 0.25) is 10.0 Å². The van der Waals surface area contributed by atoms with Gasteiger partial charge in [0.15, 0.2) is 6.61 Å². The molecule has 0 saturated heterocycles. The van der Waals surface area contributed by atoms with Crippen molar-refractivity contribution < 1.29 is 14.3 Å². The molecule has 0 radical (unpaired) electrons. The van der Waals surface area contributed by atoms with Gasteiger partial charge in [0, 0.05) is 16.9 Å². The first-order valence-electron chi connectivity index (χ1n) is 8.14. The molecule has 0 fully saturated rings. The molecular formula is C19H15Cl2N3O4. The monoisotopic (exact) mass is 419 g/mol. The number of esters is 1. The number of hydrogen-bond acceptors (Lipinski definition) is 4. The fourth-order valence-corrected chi connectivity index (χ4v) is 2.85. The number of benzene rings is 2. The topological polar surface area (TPSA) is 93.2 Å². The minimum atomic E-state index is -0.669. The molecule has 1 amide bonds. The molecule has 7 nitrogen and oxygen atoms in total. The molecule has 3 aromatic rings. The third-order valence-electron chi connectivity index (χ3n) is 3.86. The number of carbonyl (C=O) groups excluding carboxylic acids is 2. The minimum absolute atomic E-state index is 0.249. The van der Waals surface area contributed by atoms with E-state index in [1.54, 1.807) is 37.4 Å². The molecule has 1 aromatic heterocycles. The van der Waals surface area contributed by atoms with E-state index in [4.69, 9.17) is 27.9 Å². The summed E-state index contributed by atoms with van der Waals surface area (Å²) in [5.41, 5.74) is 1.64. The maximum absolute atomic E-state index is 12.1. The predicted octanol–water partition coefficient (Wildman–Crippen LogP) is 3.58. The molecule has 0 unspecified atom stereocenters. The molecule has 144 valence electrons. The summed E-state index contributed by atoms with van der Waals surface area (Å²) in [4.78, 5) is 38.5. The molecule has 0 spiro atoms. The molecule has 0 aliphatic carbocycles. The molecule has 0 aliphatic rings. The van der Waals surface area contributed by atoms with Crippen LogP contribution in [0.15, 0.2) is 53.5 Å². The number of aromatic amines is 1. The zero-order valence-electron chi connectivity index (χ0n) is 14.7. The largest absolute Gasteiger partial charge is 0.452 e. The van der Waals surface area contributed by atoms with Crippen LogP contribution in [0.4, 0.5) is 5.69 Å². The molecule has 9 heteroatoms. The van der Waals surface area contributed by atoms with Crippen LogP contribution in [0, 0.1) is 6.92 Å². The number of carbonyl (C=O) groups is 2. The summed E-state index contributed by atoms with van der Waals surface area (Å²) in [7, 11) is 0. The summed E-state index contributed by atoms with van der Waals surface area (Å²) in [6.07, 6.45) is 1.59. The number of aryl methyl sites for hydroxylation is 1. The predicted molar refractivity (Wildman–Crippen MR) is 107 cm³/mol. The fraction of sp³-hybridized carbons (Fsp3) is 0.105. The third-order valence-corrected chi connectivity index (χ3v) is 4.42. The Morgan fingerprint density at radius 2 is 1.86 bits per heavy atom. The van der Waals surface area contributed by atoms with Gasteiger partial charge in [-0.1, -0.05) is 23.2 Å². The van der Waals surface area contributed by atoms with Crippen LogP contribution in [-0.4, -0.2) is 28.0 Å². The molecule has 3 rings (SSSR count). The normalized spacial score (nSPS) is 10.5. The van der Waals surface area contributed by atoms with E-state index in [9.17, 15) is 14.4 Å². The molecule has 2 aromatic carbocycles. The summed E-state index contributed by atoms with van der Waals surface area (Å²) < 4.78 is 6.48. The summed E-state index contributed by atoms with van der Waals surface area (Å²) in [6.45, 7) is 1.30. The minimum Gasteiger partial charge on any atom is -0.452 e. The lowest BCUT2D eigenvalue weighted by atomic mass is 10.2. The smallest absolute Gasteiger partial charge is 0.338 e. The van der Waals surface area contributed by atoms with Crippen molar-refractivity contribution in [2.45, 2.75) is 6.92 Å². The number of nitrogens with one attached hydrogen (secondary N) is 2. The van der Waals surface area contributed by atoms with Crippen LogP contribution in [0.5, 0.6) is 0 Å². The van der Waals surface area contributed by atoms with Crippen LogP contribution in [-0.2, 0) is 9.53 Å². The van der Waals surface area contributed by atoms with E-state index in [0.29, 0.717) is 21.4 Å². The maximum Gasteiger partial charge on any atom is 0.338 e. The highest BCUT2D eigenvalue weighted by molar-refractivity contribution is 6.35. The van der Waals surface area contributed by atoms with Crippen molar-refractivity contribution in [3.05, 3.63) is 80.4 Å². The third kappa shape index (κ3) is 4.44. The van der Waals surface area contributed by atoms with Crippen molar-refractivity contribution in [2.75, 3.05) is 11.9 Å². The van der Waals surface area contributed by atoms with Crippen molar-refractivity contribution in [1.29, 1.82) is 0 Å². The summed E-state index contributed by atoms with van der Waals surface area (Å²) in [6, 6.07) is 10.9. The number of aromatic nitrogens is 2. The molecule has 0 saturated carbocycles. The number of imidazole rings is 1. The van der Waals surface area contributed by atoms with Crippen LogP contribution in [0.3, 0.4) is 0 Å². The van der Waals surface area contributed by atoms with E-state index >= 15 is 0 Å². The zero-order chi connectivity index (χ0) is 20.3. The Labute approximate surface area is 169 Å². The maximum atomic E-state index is 12.1. The number of rotatable bonds is 5. The highest BCUT2D eigenvalue weighted by atomic mass is 35.5. The average molecular weight is 420 g/mol. The van der Waals surface area contributed by atoms with Crippen LogP contribution in [0.1, 0.15) is 16.1 Å². The number of halogens is 2. The average Bonchev–Trinajstić information content (AvgIpc) is 3.01. The van der Waals surface area contributed by atoms with Crippen LogP contribution >= 0.6 is 23.2 Å². The Balaban J connectivity index is 1.61. The van der Waals surface area contributed by atoms with E-state index in [-0.39, 0.29) is 11.3 Å². The molecule has 2 N–H and O–H groups in total. The van der Waals surface area contributed by atoms with Gasteiger partial charge < -0.3 is 15.0 Å². The van der Waals surface area contributed by atoms with Crippen LogP contribution in [0.25, 0.3) is 5.69 Å². The summed E-state index contributed by atoms with van der Waals surface area (Å²) >= 11 is 11.8. The molecule has 28 heavy (non-hydrogen) atoms. The lowest BCUT2D eigenvalue weighted by Crippen LogP contribution is -2.21. The number of nitrogens with zero attached hydrogens (tertiary/aromatic N) is 1. The number of anilines is 1. The number of ether oxygens (including phenoxy) is 1. The van der Waals surface area contributed by atoms with Gasteiger partial charge in [-0.3, -0.25) is 9.36 Å². The number of hydrogen-bond donors (Lipinski definition) is 2. The number of amides is 1. The van der Waals surface area contributed by atoms with E-state index in [2.05, 4.69) is 10.3 Å². The quantitative estimate of drug-likeness (QED) is 0.618. The van der Waals surface area contributed by atoms with Crippen molar-refractivity contribution in [2.24, 2.45) is 0 Å². The SMILES string of the molecule is Cc1c[nH]c(=O)n1-c1ccc(C(=O)OCC(=O)Nc2cc(Cl)ccc2Cl)cc1. The van der Waals surface area contributed by atoms with Crippen molar-refractivity contribution in [1.82, 2.24) is 9.55 Å². The molecule has 0 atom stereocenters. The van der Waals surface area contributed by atoms with Crippen molar-refractivity contribution in [3.8, 4) is 5.69 Å². The standard InChI is InChI=1S/C19H15Cl2N3O4/c1-11-9-22-19(27)24(11)14-5-2-12(3-6-14)18(26)28-10-17(25)23-16-8-13(20)4-7-15(16)21/h2-9H,10H2,1H3,(H,22,27)(H,23,25). The highest BCUT2D eigenvalue weighted by Gasteiger charge is 2.13. The van der Waals surface area contributed by atoms with Crippen LogP contribution < -0.4 is 11.0 Å². The van der Waals surface area contributed by atoms with E-state index in [1.165, 1.54) is 22.8 Å². The van der Waals surface area contributed by atoms with Gasteiger partial charge >= 0.3 is 11.7 Å². The second-order valence-corrected chi connectivity index (χ2v) is 6.71. The number of H-pyrrole nitrogens is 1. The first-order chi connectivity index (χ1) is 13.3. The molecule has 1 heterocycles. The van der Waals surface area contributed by atoms with Crippen molar-refractivity contribution >= 4 is 40.8 Å². The van der Waals surface area contributed by atoms with Gasteiger partial charge in [-0.05, 0) is 49.4 Å². The summed E-state index contributed by atoms with van der Waals surface area (Å²) in [5, 5.41) is 3.25. The first kappa shape index (κ1) is 19.7. The Bertz CT molecular complexity index is 1090. The van der Waals surface area contributed by atoms with Gasteiger partial charge in [0.05, 0.1) is 22.0 Å². The Kier molecular flexibility index (Phi) is 5.87. The Morgan fingerprint density at radius 1 is 1.14 bits per heavy atom. The highest BCUT2D eigenvalue weighted by Crippen LogP contribution is 2.25. The first-order valence-corrected chi connectivity index (χ1v) is 8.90.